The molecular weight excluding hydrogens is 586 g/mol. The second-order valence-corrected chi connectivity index (χ2v) is 13.5. The van der Waals surface area contributed by atoms with Gasteiger partial charge in [0.05, 0.1) is 34.5 Å². The highest BCUT2D eigenvalue weighted by Gasteiger charge is 2.26. The van der Waals surface area contributed by atoms with Crippen LogP contribution in [0.3, 0.4) is 0 Å². The maximum atomic E-state index is 13.3. The summed E-state index contributed by atoms with van der Waals surface area (Å²) in [6.45, 7) is 11.8. The lowest BCUT2D eigenvalue weighted by atomic mass is 9.90. The van der Waals surface area contributed by atoms with Crippen LogP contribution >= 0.6 is 0 Å². The number of carbonyl (C=O) groups is 2. The number of rotatable bonds is 7. The molecule has 3 heterocycles. The quantitative estimate of drug-likeness (QED) is 0.193. The fraction of sp³-hybridized carbons (Fsp3) is 0.316. The molecule has 0 unspecified atom stereocenters. The first-order valence-corrected chi connectivity index (χ1v) is 16.3. The Kier molecular flexibility index (Phi) is 8.98. The summed E-state index contributed by atoms with van der Waals surface area (Å²) >= 11 is 0. The van der Waals surface area contributed by atoms with Gasteiger partial charge in [-0.25, -0.2) is 14.2 Å². The van der Waals surface area contributed by atoms with E-state index in [1.807, 2.05) is 96.2 Å². The van der Waals surface area contributed by atoms with Crippen molar-refractivity contribution in [3.8, 4) is 11.4 Å². The van der Waals surface area contributed by atoms with Crippen LogP contribution in [-0.4, -0.2) is 49.5 Å². The maximum absolute atomic E-state index is 13.3. The van der Waals surface area contributed by atoms with Gasteiger partial charge in [-0.1, -0.05) is 68.8 Å². The predicted octanol–water partition coefficient (Wildman–Crippen LogP) is 7.71. The molecule has 0 bridgehead atoms. The fourth-order valence-electron chi connectivity index (χ4n) is 6.02. The van der Waals surface area contributed by atoms with Crippen LogP contribution in [0.1, 0.15) is 66.5 Å². The van der Waals surface area contributed by atoms with Gasteiger partial charge in [-0.2, -0.15) is 10.2 Å². The van der Waals surface area contributed by atoms with Crippen LogP contribution in [0.15, 0.2) is 91.1 Å². The molecule has 1 aliphatic heterocycles. The van der Waals surface area contributed by atoms with Crippen LogP contribution < -0.4 is 10.6 Å². The van der Waals surface area contributed by atoms with E-state index in [2.05, 4.69) is 48.6 Å². The Labute approximate surface area is 276 Å². The summed E-state index contributed by atoms with van der Waals surface area (Å²) in [5.74, 6) is 1.15. The SMILES string of the molecule is Cc1ccc(-n2nc(C(C)(C)C)cc2NC(=O)Nc2ccc(CC3CCN(C(=O)c4cnn(-c5ccccc5)c4C)CC3)cc2)cc1. The van der Waals surface area contributed by atoms with Gasteiger partial charge in [-0.15, -0.1) is 0 Å². The monoisotopic (exact) mass is 629 g/mol. The van der Waals surface area contributed by atoms with Gasteiger partial charge in [0.1, 0.15) is 5.82 Å². The molecule has 242 valence electrons. The molecule has 3 amide bonds. The second-order valence-electron chi connectivity index (χ2n) is 13.5. The van der Waals surface area contributed by atoms with Crippen molar-refractivity contribution in [2.24, 2.45) is 5.92 Å². The summed E-state index contributed by atoms with van der Waals surface area (Å²) in [6, 6.07) is 27.6. The summed E-state index contributed by atoms with van der Waals surface area (Å²) in [5, 5.41) is 15.2. The lowest BCUT2D eigenvalue weighted by Crippen LogP contribution is -2.39. The number of anilines is 2. The average molecular weight is 630 g/mol. The molecule has 0 spiro atoms. The minimum Gasteiger partial charge on any atom is -0.339 e. The number of nitrogens with one attached hydrogen (secondary N) is 2. The van der Waals surface area contributed by atoms with Crippen molar-refractivity contribution in [1.29, 1.82) is 0 Å². The van der Waals surface area contributed by atoms with E-state index < -0.39 is 0 Å². The van der Waals surface area contributed by atoms with E-state index in [-0.39, 0.29) is 17.4 Å². The van der Waals surface area contributed by atoms with Crippen molar-refractivity contribution >= 4 is 23.4 Å². The van der Waals surface area contributed by atoms with Gasteiger partial charge in [-0.3, -0.25) is 10.1 Å². The minimum atomic E-state index is -0.326. The summed E-state index contributed by atoms with van der Waals surface area (Å²) in [4.78, 5) is 28.4. The molecule has 5 aromatic rings. The summed E-state index contributed by atoms with van der Waals surface area (Å²) < 4.78 is 3.60. The third-order valence-corrected chi connectivity index (χ3v) is 8.88. The van der Waals surface area contributed by atoms with Crippen LogP contribution in [-0.2, 0) is 11.8 Å². The molecule has 6 rings (SSSR count). The number of amides is 3. The predicted molar refractivity (Wildman–Crippen MR) is 187 cm³/mol. The van der Waals surface area contributed by atoms with E-state index in [9.17, 15) is 9.59 Å². The van der Waals surface area contributed by atoms with Gasteiger partial charge in [0.2, 0.25) is 0 Å². The third kappa shape index (κ3) is 7.30. The molecule has 0 radical (unpaired) electrons. The largest absolute Gasteiger partial charge is 0.339 e. The summed E-state index contributed by atoms with van der Waals surface area (Å²) in [5.41, 5.74) is 7.17. The van der Waals surface area contributed by atoms with Crippen molar-refractivity contribution < 1.29 is 9.59 Å². The highest BCUT2D eigenvalue weighted by atomic mass is 16.2. The molecular formula is C38H43N7O2. The van der Waals surface area contributed by atoms with Crippen molar-refractivity contribution in [2.75, 3.05) is 23.7 Å². The Balaban J connectivity index is 1.02. The van der Waals surface area contributed by atoms with Gasteiger partial charge in [-0.05, 0) is 81.0 Å². The van der Waals surface area contributed by atoms with Crippen molar-refractivity contribution in [3.05, 3.63) is 119 Å². The van der Waals surface area contributed by atoms with Gasteiger partial charge < -0.3 is 10.2 Å². The molecule has 1 fully saturated rings. The molecule has 47 heavy (non-hydrogen) atoms. The number of benzene rings is 3. The molecule has 1 aliphatic rings. The number of hydrogen-bond donors (Lipinski definition) is 2. The topological polar surface area (TPSA) is 97.1 Å². The Morgan fingerprint density at radius 1 is 0.830 bits per heavy atom. The zero-order valence-corrected chi connectivity index (χ0v) is 27.8. The standard InChI is InChI=1S/C38H43N7O2/c1-26-11-17-32(18-12-26)45-35(24-34(42-45)38(3,4)5)41-37(47)40-30-15-13-28(14-16-30)23-29-19-21-43(22-20-29)36(46)33-25-39-44(27(33)2)31-9-7-6-8-10-31/h6-18,24-25,29H,19-23H2,1-5H3,(H2,40,41,47). The number of aryl methyl sites for hydroxylation is 1. The molecule has 3 aromatic carbocycles. The van der Waals surface area contributed by atoms with E-state index in [0.29, 0.717) is 17.3 Å². The number of carbonyl (C=O) groups excluding carboxylic acids is 2. The summed E-state index contributed by atoms with van der Waals surface area (Å²) in [7, 11) is 0. The van der Waals surface area contributed by atoms with E-state index >= 15 is 0 Å². The normalized spacial score (nSPS) is 13.9. The van der Waals surface area contributed by atoms with Gasteiger partial charge in [0.25, 0.3) is 5.91 Å². The highest BCUT2D eigenvalue weighted by molar-refractivity contribution is 5.99. The number of para-hydroxylation sites is 1. The molecule has 2 N–H and O–H groups in total. The molecule has 1 saturated heterocycles. The number of hydrogen-bond acceptors (Lipinski definition) is 4. The number of aromatic nitrogens is 4. The number of urea groups is 1. The van der Waals surface area contributed by atoms with Gasteiger partial charge in [0, 0.05) is 30.3 Å². The lowest BCUT2D eigenvalue weighted by molar-refractivity contribution is 0.0689. The molecule has 9 heteroatoms. The van der Waals surface area contributed by atoms with E-state index in [1.165, 1.54) is 5.56 Å². The molecule has 2 aromatic heterocycles. The van der Waals surface area contributed by atoms with Crippen LogP contribution in [0, 0.1) is 19.8 Å². The van der Waals surface area contributed by atoms with Gasteiger partial charge >= 0.3 is 6.03 Å². The average Bonchev–Trinajstić information content (AvgIpc) is 3.66. The Morgan fingerprint density at radius 3 is 2.15 bits per heavy atom. The zero-order chi connectivity index (χ0) is 33.1. The molecule has 0 aliphatic carbocycles. The van der Waals surface area contributed by atoms with Crippen LogP contribution in [0.2, 0.25) is 0 Å². The zero-order valence-electron chi connectivity index (χ0n) is 27.8. The Bertz CT molecular complexity index is 1840. The van der Waals surface area contributed by atoms with E-state index in [1.54, 1.807) is 10.9 Å². The molecule has 9 nitrogen and oxygen atoms in total. The summed E-state index contributed by atoms with van der Waals surface area (Å²) in [6.07, 6.45) is 4.52. The first-order valence-electron chi connectivity index (χ1n) is 16.3. The second kappa shape index (κ2) is 13.3. The third-order valence-electron chi connectivity index (χ3n) is 8.88. The highest BCUT2D eigenvalue weighted by Crippen LogP contribution is 2.28. The fourth-order valence-corrected chi connectivity index (χ4v) is 6.02. The Hall–Kier alpha value is -5.18. The van der Waals surface area contributed by atoms with Crippen LogP contribution in [0.25, 0.3) is 11.4 Å². The molecule has 0 atom stereocenters. The minimum absolute atomic E-state index is 0.0494. The molecule has 0 saturated carbocycles. The lowest BCUT2D eigenvalue weighted by Gasteiger charge is -2.32. The first-order chi connectivity index (χ1) is 22.5. The van der Waals surface area contributed by atoms with Gasteiger partial charge in [0.15, 0.2) is 0 Å². The number of nitrogens with zero attached hydrogens (tertiary/aromatic N) is 5. The van der Waals surface area contributed by atoms with E-state index in [0.717, 1.165) is 66.4 Å². The smallest absolute Gasteiger partial charge is 0.324 e. The van der Waals surface area contributed by atoms with Crippen LogP contribution in [0.4, 0.5) is 16.3 Å². The Morgan fingerprint density at radius 2 is 1.49 bits per heavy atom. The van der Waals surface area contributed by atoms with Crippen molar-refractivity contribution in [1.82, 2.24) is 24.5 Å². The number of likely N-dealkylation sites (tertiary alicyclic amines) is 1. The maximum Gasteiger partial charge on any atom is 0.324 e. The van der Waals surface area contributed by atoms with Crippen LogP contribution in [0.5, 0.6) is 0 Å². The van der Waals surface area contributed by atoms with E-state index in [4.69, 9.17) is 5.10 Å². The van der Waals surface area contributed by atoms with Crippen molar-refractivity contribution in [3.63, 3.8) is 0 Å². The van der Waals surface area contributed by atoms with Crippen molar-refractivity contribution in [2.45, 2.75) is 59.3 Å². The first kappa shape index (κ1) is 31.8. The number of piperidine rings is 1.